The summed E-state index contributed by atoms with van der Waals surface area (Å²) in [5.41, 5.74) is 2.33. The number of ether oxygens (including phenoxy) is 1. The summed E-state index contributed by atoms with van der Waals surface area (Å²) in [7, 11) is 1.89. The number of hydrogen-bond acceptors (Lipinski definition) is 5. The van der Waals surface area contributed by atoms with Gasteiger partial charge in [0.05, 0.1) is 29.8 Å². The highest BCUT2D eigenvalue weighted by atomic mass is 32.1. The molecule has 0 aliphatic carbocycles. The van der Waals surface area contributed by atoms with Crippen LogP contribution in [0.25, 0.3) is 0 Å². The minimum Gasteiger partial charge on any atom is -0.377 e. The molecule has 29 heavy (non-hydrogen) atoms. The maximum atomic E-state index is 12.8. The van der Waals surface area contributed by atoms with E-state index < -0.39 is 0 Å². The van der Waals surface area contributed by atoms with Gasteiger partial charge in [-0.1, -0.05) is 30.3 Å². The highest BCUT2D eigenvalue weighted by Gasteiger charge is 2.41. The second-order valence-electron chi connectivity index (χ2n) is 8.50. The molecule has 6 heteroatoms. The molecule has 0 bridgehead atoms. The van der Waals surface area contributed by atoms with Crippen molar-refractivity contribution in [3.05, 3.63) is 51.5 Å². The Labute approximate surface area is 177 Å². The molecule has 0 N–H and O–H groups in total. The number of rotatable bonds is 6. The number of thiazole rings is 1. The number of fused-ring (bicyclic) bond motifs is 1. The molecular formula is C23H31N3O2S. The third-order valence-corrected chi connectivity index (χ3v) is 7.37. The number of likely N-dealkylation sites (tertiary alicyclic amines) is 1. The van der Waals surface area contributed by atoms with Gasteiger partial charge >= 0.3 is 0 Å². The van der Waals surface area contributed by atoms with Crippen molar-refractivity contribution >= 4 is 17.2 Å². The van der Waals surface area contributed by atoms with Crippen molar-refractivity contribution in [3.8, 4) is 0 Å². The summed E-state index contributed by atoms with van der Waals surface area (Å²) >= 11 is 1.81. The Kier molecular flexibility index (Phi) is 6.32. The van der Waals surface area contributed by atoms with Crippen LogP contribution in [0, 0.1) is 25.7 Å². The zero-order valence-electron chi connectivity index (χ0n) is 17.6. The van der Waals surface area contributed by atoms with E-state index in [9.17, 15) is 4.79 Å². The second kappa shape index (κ2) is 8.94. The number of amides is 1. The number of piperidine rings is 1. The van der Waals surface area contributed by atoms with Crippen LogP contribution < -0.4 is 0 Å². The average molecular weight is 414 g/mol. The van der Waals surface area contributed by atoms with Gasteiger partial charge in [0.15, 0.2) is 0 Å². The fraction of sp³-hybridized carbons (Fsp3) is 0.565. The number of hydrogen-bond donors (Lipinski definition) is 0. The van der Waals surface area contributed by atoms with Crippen molar-refractivity contribution < 1.29 is 9.53 Å². The lowest BCUT2D eigenvalue weighted by Gasteiger charge is -2.35. The van der Waals surface area contributed by atoms with Gasteiger partial charge in [0.25, 0.3) is 0 Å². The SMILES string of the molecule is Cc1nc(C)c(CN2CC[C@@H]3[C@@H](CO[C@H]3CC(=O)N(C)Cc3ccccc3)C2)s1. The third kappa shape index (κ3) is 4.87. The molecule has 0 spiro atoms. The lowest BCUT2D eigenvalue weighted by molar-refractivity contribution is -0.133. The van der Waals surface area contributed by atoms with Crippen LogP contribution in [0.2, 0.25) is 0 Å². The molecule has 0 saturated carbocycles. The molecule has 5 nitrogen and oxygen atoms in total. The van der Waals surface area contributed by atoms with Gasteiger partial charge in [0.1, 0.15) is 0 Å². The quantitative estimate of drug-likeness (QED) is 0.725. The highest BCUT2D eigenvalue weighted by molar-refractivity contribution is 7.11. The van der Waals surface area contributed by atoms with E-state index >= 15 is 0 Å². The van der Waals surface area contributed by atoms with E-state index in [2.05, 4.69) is 35.9 Å². The summed E-state index contributed by atoms with van der Waals surface area (Å²) in [6.07, 6.45) is 1.68. The minimum atomic E-state index is 0.0697. The smallest absolute Gasteiger partial charge is 0.225 e. The van der Waals surface area contributed by atoms with Crippen LogP contribution in [-0.4, -0.2) is 53.5 Å². The largest absolute Gasteiger partial charge is 0.377 e. The van der Waals surface area contributed by atoms with Gasteiger partial charge in [-0.05, 0) is 38.3 Å². The van der Waals surface area contributed by atoms with Gasteiger partial charge in [-0.3, -0.25) is 9.69 Å². The van der Waals surface area contributed by atoms with E-state index in [0.717, 1.165) is 43.2 Å². The second-order valence-corrected chi connectivity index (χ2v) is 9.79. The maximum absolute atomic E-state index is 12.8. The molecule has 1 aromatic carbocycles. The van der Waals surface area contributed by atoms with Crippen molar-refractivity contribution in [3.63, 3.8) is 0 Å². The van der Waals surface area contributed by atoms with Gasteiger partial charge in [0, 0.05) is 37.5 Å². The van der Waals surface area contributed by atoms with Gasteiger partial charge in [-0.25, -0.2) is 4.98 Å². The molecule has 1 amide bonds. The number of carbonyl (C=O) groups excluding carboxylic acids is 1. The standard InChI is InChI=1S/C23H31N3O2S/c1-16-22(29-17(2)24-16)14-26-10-9-20-19(13-26)15-28-21(20)11-23(27)25(3)12-18-7-5-4-6-8-18/h4-8,19-21H,9-15H2,1-3H3/t19-,20-,21+/m1/s1. The van der Waals surface area contributed by atoms with Gasteiger partial charge < -0.3 is 9.64 Å². The van der Waals surface area contributed by atoms with Crippen LogP contribution in [-0.2, 0) is 22.6 Å². The van der Waals surface area contributed by atoms with E-state index in [1.165, 1.54) is 10.6 Å². The van der Waals surface area contributed by atoms with Crippen molar-refractivity contribution in [1.82, 2.24) is 14.8 Å². The fourth-order valence-electron chi connectivity index (χ4n) is 4.71. The van der Waals surface area contributed by atoms with Gasteiger partial charge in [-0.15, -0.1) is 11.3 Å². The van der Waals surface area contributed by atoms with E-state index in [0.29, 0.717) is 24.8 Å². The van der Waals surface area contributed by atoms with Gasteiger partial charge in [-0.2, -0.15) is 0 Å². The number of nitrogens with zero attached hydrogens (tertiary/aromatic N) is 3. The summed E-state index contributed by atoms with van der Waals surface area (Å²) in [5.74, 6) is 1.22. The third-order valence-electron chi connectivity index (χ3n) is 6.31. The summed E-state index contributed by atoms with van der Waals surface area (Å²) in [6, 6.07) is 10.2. The van der Waals surface area contributed by atoms with E-state index in [-0.39, 0.29) is 12.0 Å². The topological polar surface area (TPSA) is 45.7 Å². The monoisotopic (exact) mass is 413 g/mol. The molecule has 2 fully saturated rings. The summed E-state index contributed by atoms with van der Waals surface area (Å²) < 4.78 is 6.11. The summed E-state index contributed by atoms with van der Waals surface area (Å²) in [5, 5.41) is 1.15. The normalized spacial score (nSPS) is 24.4. The first-order valence-electron chi connectivity index (χ1n) is 10.5. The van der Waals surface area contributed by atoms with Crippen LogP contribution in [0.1, 0.15) is 34.0 Å². The predicted molar refractivity (Wildman–Crippen MR) is 116 cm³/mol. The summed E-state index contributed by atoms with van der Waals surface area (Å²) in [6.45, 7) is 8.75. The first-order chi connectivity index (χ1) is 14.0. The average Bonchev–Trinajstić information content (AvgIpc) is 3.24. The van der Waals surface area contributed by atoms with Crippen LogP contribution >= 0.6 is 11.3 Å². The molecule has 4 rings (SSSR count). The van der Waals surface area contributed by atoms with Crippen molar-refractivity contribution in [2.45, 2.75) is 45.9 Å². The molecule has 2 saturated heterocycles. The van der Waals surface area contributed by atoms with E-state index in [4.69, 9.17) is 4.74 Å². The first kappa shape index (κ1) is 20.5. The Balaban J connectivity index is 1.29. The molecule has 3 atom stereocenters. The molecule has 1 aromatic heterocycles. The molecule has 0 unspecified atom stereocenters. The Hall–Kier alpha value is -1.76. The lowest BCUT2D eigenvalue weighted by Crippen LogP contribution is -2.42. The van der Waals surface area contributed by atoms with E-state index in [1.807, 2.05) is 41.5 Å². The molecular weight excluding hydrogens is 382 g/mol. The molecule has 0 radical (unpaired) electrons. The summed E-state index contributed by atoms with van der Waals surface area (Å²) in [4.78, 5) is 23.1. The number of aryl methyl sites for hydroxylation is 2. The van der Waals surface area contributed by atoms with Crippen molar-refractivity contribution in [1.29, 1.82) is 0 Å². The Morgan fingerprint density at radius 3 is 2.83 bits per heavy atom. The fourth-order valence-corrected chi connectivity index (χ4v) is 5.69. The number of carbonyl (C=O) groups is 1. The molecule has 2 aliphatic heterocycles. The van der Waals surface area contributed by atoms with Crippen LogP contribution in [0.3, 0.4) is 0 Å². The van der Waals surface area contributed by atoms with Gasteiger partial charge in [0.2, 0.25) is 5.91 Å². The number of benzene rings is 1. The molecule has 156 valence electrons. The molecule has 3 heterocycles. The Bertz CT molecular complexity index is 838. The lowest BCUT2D eigenvalue weighted by atomic mass is 9.83. The predicted octanol–water partition coefficient (Wildman–Crippen LogP) is 3.65. The van der Waals surface area contributed by atoms with Crippen molar-refractivity contribution in [2.75, 3.05) is 26.7 Å². The first-order valence-corrected chi connectivity index (χ1v) is 11.4. The number of aromatic nitrogens is 1. The van der Waals surface area contributed by atoms with Crippen molar-refractivity contribution in [2.24, 2.45) is 11.8 Å². The zero-order valence-corrected chi connectivity index (χ0v) is 18.5. The zero-order chi connectivity index (χ0) is 20.4. The maximum Gasteiger partial charge on any atom is 0.225 e. The Morgan fingerprint density at radius 1 is 1.31 bits per heavy atom. The van der Waals surface area contributed by atoms with Crippen LogP contribution in [0.4, 0.5) is 0 Å². The highest BCUT2D eigenvalue weighted by Crippen LogP contribution is 2.37. The van der Waals surface area contributed by atoms with Crippen LogP contribution in [0.5, 0.6) is 0 Å². The molecule has 2 aromatic rings. The Morgan fingerprint density at radius 2 is 2.10 bits per heavy atom. The molecule has 2 aliphatic rings. The van der Waals surface area contributed by atoms with Crippen LogP contribution in [0.15, 0.2) is 30.3 Å². The minimum absolute atomic E-state index is 0.0697. The van der Waals surface area contributed by atoms with E-state index in [1.54, 1.807) is 0 Å².